The van der Waals surface area contributed by atoms with Gasteiger partial charge in [-0.3, -0.25) is 0 Å². The Morgan fingerprint density at radius 3 is 1.26 bits per heavy atom. The first-order valence-electron chi connectivity index (χ1n) is 25.6. The number of rotatable bonds is 8. The number of para-hydroxylation sites is 4. The predicted octanol–water partition coefficient (Wildman–Crippen LogP) is 20.8. The Hall–Kier alpha value is -9.26. The van der Waals surface area contributed by atoms with Crippen molar-refractivity contribution in [2.45, 2.75) is 39.5 Å². The summed E-state index contributed by atoms with van der Waals surface area (Å²) >= 11 is 0. The monoisotopic (exact) mass is 956 g/mol. The second-order valence-corrected chi connectivity index (χ2v) is 20.4. The lowest BCUT2D eigenvalue weighted by molar-refractivity contribution is 0.663. The maximum atomic E-state index is 7.00. The summed E-state index contributed by atoms with van der Waals surface area (Å²) in [4.78, 5) is 4.72. The molecule has 0 spiro atoms. The fraction of sp³-hybridized carbons (Fsp3) is 0.0882. The Morgan fingerprint density at radius 2 is 0.730 bits per heavy atom. The number of anilines is 6. The van der Waals surface area contributed by atoms with E-state index in [0.717, 1.165) is 143 Å². The van der Waals surface area contributed by atoms with Gasteiger partial charge in [-0.2, -0.15) is 0 Å². The molecule has 0 aliphatic heterocycles. The van der Waals surface area contributed by atoms with Crippen molar-refractivity contribution < 1.29 is 17.7 Å². The van der Waals surface area contributed by atoms with Crippen molar-refractivity contribution in [3.63, 3.8) is 0 Å². The number of hydrogen-bond acceptors (Lipinski definition) is 6. The van der Waals surface area contributed by atoms with Crippen molar-refractivity contribution >= 4 is 143 Å². The molecular weight excluding hydrogens is 909 g/mol. The largest absolute Gasteiger partial charge is 0.456 e. The summed E-state index contributed by atoms with van der Waals surface area (Å²) in [6, 6.07) is 73.5. The lowest BCUT2D eigenvalue weighted by Gasteiger charge is -2.29. The summed E-state index contributed by atoms with van der Waals surface area (Å²) in [6.45, 7) is 9.00. The second kappa shape index (κ2) is 16.1. The first-order chi connectivity index (χ1) is 36.3. The van der Waals surface area contributed by atoms with Gasteiger partial charge in [0, 0.05) is 60.5 Å². The van der Waals surface area contributed by atoms with Crippen molar-refractivity contribution in [3.05, 3.63) is 217 Å². The van der Waals surface area contributed by atoms with E-state index < -0.39 is 0 Å². The molecule has 11 aromatic carbocycles. The zero-order valence-corrected chi connectivity index (χ0v) is 41.3. The predicted molar refractivity (Wildman–Crippen MR) is 308 cm³/mol. The van der Waals surface area contributed by atoms with Gasteiger partial charge in [0.2, 0.25) is 0 Å². The van der Waals surface area contributed by atoms with Gasteiger partial charge in [0.25, 0.3) is 0 Å². The molecular formula is C68H48N2O4. The average Bonchev–Trinajstić information content (AvgIpc) is 4.23. The van der Waals surface area contributed by atoms with Crippen molar-refractivity contribution in [3.8, 4) is 0 Å². The van der Waals surface area contributed by atoms with Crippen LogP contribution in [0.25, 0.3) is 109 Å². The molecule has 0 aliphatic carbocycles. The molecule has 0 saturated carbocycles. The van der Waals surface area contributed by atoms with Gasteiger partial charge in [-0.25, -0.2) is 0 Å². The molecule has 6 heteroatoms. The minimum atomic E-state index is 0.244. The molecule has 0 bridgehead atoms. The minimum absolute atomic E-state index is 0.244. The van der Waals surface area contributed by atoms with Crippen LogP contribution in [0.1, 0.15) is 50.7 Å². The maximum Gasteiger partial charge on any atom is 0.159 e. The highest BCUT2D eigenvalue weighted by Crippen LogP contribution is 2.50. The summed E-state index contributed by atoms with van der Waals surface area (Å²) in [7, 11) is 0. The van der Waals surface area contributed by atoms with Gasteiger partial charge in [0.15, 0.2) is 11.2 Å². The van der Waals surface area contributed by atoms with Crippen LogP contribution in [-0.2, 0) is 0 Å². The number of furan rings is 4. The quantitative estimate of drug-likeness (QED) is 0.151. The Bertz CT molecular complexity index is 4750. The van der Waals surface area contributed by atoms with Gasteiger partial charge in [0.1, 0.15) is 33.5 Å². The number of fused-ring (bicyclic) bond motifs is 15. The highest BCUT2D eigenvalue weighted by atomic mass is 16.3. The molecule has 15 aromatic rings. The number of nitrogens with zero attached hydrogens (tertiary/aromatic N) is 2. The minimum Gasteiger partial charge on any atom is -0.456 e. The van der Waals surface area contributed by atoms with E-state index in [2.05, 4.69) is 232 Å². The summed E-state index contributed by atoms with van der Waals surface area (Å²) in [5.41, 5.74) is 15.5. The van der Waals surface area contributed by atoms with Crippen molar-refractivity contribution in [2.75, 3.05) is 9.80 Å². The molecule has 0 unspecified atom stereocenters. The van der Waals surface area contributed by atoms with E-state index >= 15 is 0 Å². The van der Waals surface area contributed by atoms with Crippen LogP contribution in [0.5, 0.6) is 0 Å². The average molecular weight is 957 g/mol. The molecule has 0 N–H and O–H groups in total. The molecule has 0 saturated heterocycles. The summed E-state index contributed by atoms with van der Waals surface area (Å²) in [6.07, 6.45) is 0. The van der Waals surface area contributed by atoms with Crippen LogP contribution in [0.2, 0.25) is 0 Å². The molecule has 4 heterocycles. The Kier molecular flexibility index (Phi) is 9.24. The third kappa shape index (κ3) is 6.37. The molecule has 354 valence electrons. The van der Waals surface area contributed by atoms with Crippen LogP contribution < -0.4 is 9.80 Å². The third-order valence-electron chi connectivity index (χ3n) is 15.3. The zero-order valence-electron chi connectivity index (χ0n) is 41.3. The van der Waals surface area contributed by atoms with Gasteiger partial charge in [0.05, 0.1) is 16.8 Å². The fourth-order valence-corrected chi connectivity index (χ4v) is 11.8. The second-order valence-electron chi connectivity index (χ2n) is 20.4. The molecule has 0 radical (unpaired) electrons. The van der Waals surface area contributed by atoms with Gasteiger partial charge in [-0.15, -0.1) is 0 Å². The normalized spacial score (nSPS) is 12.3. The maximum absolute atomic E-state index is 7.00. The molecule has 0 aliphatic rings. The molecule has 6 nitrogen and oxygen atoms in total. The van der Waals surface area contributed by atoms with E-state index in [0.29, 0.717) is 0 Å². The van der Waals surface area contributed by atoms with Crippen molar-refractivity contribution in [1.29, 1.82) is 0 Å². The SMILES string of the molecule is CC(C)c1ccc2c(oc3ccccc32)c1N(c1ccccc1)c1ccc2cc3c(cc2c1)oc1c3ccc2oc3cc4cc(N(c5ccccc5)c5c(C(C)C)ccc6c5oc5ccccc56)ccc4cc3c21. The molecule has 4 aromatic heterocycles. The van der Waals surface area contributed by atoms with Crippen LogP contribution in [0.4, 0.5) is 34.1 Å². The zero-order chi connectivity index (χ0) is 49.3. The van der Waals surface area contributed by atoms with E-state index in [1.807, 2.05) is 12.1 Å². The fourth-order valence-electron chi connectivity index (χ4n) is 11.8. The Morgan fingerprint density at radius 1 is 0.284 bits per heavy atom. The standard InChI is InChI=1S/C68H48N2O4/c1-39(2)49-27-29-53-51-19-11-13-21-58(51)72-67(53)64(49)69(45-15-7-5-8-16-45)47-25-23-41-35-56-55-31-32-60-63(66(55)74-61(56)37-43(41)33-47)57-36-42-24-26-48(34-44(42)38-62(57)71-60)70(46-17-9-6-10-18-46)65-50(40(3)4)28-30-54-52-20-12-14-22-59(52)73-68(54)65/h5-40H,1-4H3. The van der Waals surface area contributed by atoms with Crippen LogP contribution >= 0.6 is 0 Å². The number of benzene rings is 11. The van der Waals surface area contributed by atoms with Crippen LogP contribution in [0, 0.1) is 0 Å². The van der Waals surface area contributed by atoms with E-state index in [1.165, 1.54) is 11.1 Å². The van der Waals surface area contributed by atoms with Crippen molar-refractivity contribution in [2.24, 2.45) is 0 Å². The van der Waals surface area contributed by atoms with E-state index in [-0.39, 0.29) is 11.8 Å². The topological polar surface area (TPSA) is 59.0 Å². The highest BCUT2D eigenvalue weighted by molar-refractivity contribution is 6.24. The van der Waals surface area contributed by atoms with Gasteiger partial charge >= 0.3 is 0 Å². The van der Waals surface area contributed by atoms with Crippen LogP contribution in [-0.4, -0.2) is 0 Å². The van der Waals surface area contributed by atoms with E-state index in [4.69, 9.17) is 17.7 Å². The lowest BCUT2D eigenvalue weighted by Crippen LogP contribution is -2.13. The van der Waals surface area contributed by atoms with E-state index in [1.54, 1.807) is 0 Å². The molecule has 74 heavy (non-hydrogen) atoms. The molecule has 0 fully saturated rings. The molecule has 0 atom stereocenters. The third-order valence-corrected chi connectivity index (χ3v) is 15.3. The molecule has 0 amide bonds. The van der Waals surface area contributed by atoms with Gasteiger partial charge < -0.3 is 27.5 Å². The summed E-state index contributed by atoms with van der Waals surface area (Å²) in [5, 5.41) is 12.9. The van der Waals surface area contributed by atoms with Crippen LogP contribution in [0.15, 0.2) is 224 Å². The summed E-state index contributed by atoms with van der Waals surface area (Å²) in [5.74, 6) is 0.489. The van der Waals surface area contributed by atoms with Crippen molar-refractivity contribution in [1.82, 2.24) is 0 Å². The number of hydrogen-bond donors (Lipinski definition) is 0. The van der Waals surface area contributed by atoms with Crippen LogP contribution in [0.3, 0.4) is 0 Å². The summed E-state index contributed by atoms with van der Waals surface area (Å²) < 4.78 is 27.3. The van der Waals surface area contributed by atoms with E-state index in [9.17, 15) is 0 Å². The highest BCUT2D eigenvalue weighted by Gasteiger charge is 2.27. The Labute approximate surface area is 425 Å². The van der Waals surface area contributed by atoms with Gasteiger partial charge in [-0.05, 0) is 142 Å². The smallest absolute Gasteiger partial charge is 0.159 e. The lowest BCUT2D eigenvalue weighted by atomic mass is 9.96. The first kappa shape index (κ1) is 42.4. The van der Waals surface area contributed by atoms with Gasteiger partial charge in [-0.1, -0.05) is 137 Å². The first-order valence-corrected chi connectivity index (χ1v) is 25.6. The molecule has 15 rings (SSSR count). The Balaban J connectivity index is 0.875.